The highest BCUT2D eigenvalue weighted by molar-refractivity contribution is 5.70. The molecule has 0 saturated carbocycles. The Morgan fingerprint density at radius 3 is 2.68 bits per heavy atom. The zero-order valence-corrected chi connectivity index (χ0v) is 14.9. The lowest BCUT2D eigenvalue weighted by atomic mass is 9.91. The van der Waals surface area contributed by atoms with Crippen LogP contribution in [-0.4, -0.2) is 66.9 Å². The average molecular weight is 344 g/mol. The molecule has 1 atom stereocenters. The molecule has 1 aromatic rings. The first-order valence-electron chi connectivity index (χ1n) is 9.58. The summed E-state index contributed by atoms with van der Waals surface area (Å²) in [5.74, 6) is 0. The number of benzene rings is 1. The fourth-order valence-corrected chi connectivity index (χ4v) is 4.25. The molecule has 1 spiro atoms. The quantitative estimate of drug-likeness (QED) is 0.824. The number of ether oxygens (including phenoxy) is 2. The molecule has 5 heteroatoms. The van der Waals surface area contributed by atoms with Gasteiger partial charge < -0.3 is 19.3 Å². The van der Waals surface area contributed by atoms with Gasteiger partial charge in [-0.15, -0.1) is 0 Å². The molecule has 3 saturated heterocycles. The van der Waals surface area contributed by atoms with Crippen molar-refractivity contribution in [3.05, 3.63) is 35.9 Å². The molecular weight excluding hydrogens is 316 g/mol. The Morgan fingerprint density at radius 2 is 1.96 bits per heavy atom. The molecule has 0 N–H and O–H groups in total. The van der Waals surface area contributed by atoms with E-state index in [1.165, 1.54) is 18.4 Å². The topological polar surface area (TPSA) is 42.0 Å². The van der Waals surface area contributed by atoms with Crippen LogP contribution in [0.2, 0.25) is 0 Å². The van der Waals surface area contributed by atoms with E-state index in [1.54, 1.807) is 0 Å². The van der Waals surface area contributed by atoms with Gasteiger partial charge in [-0.3, -0.25) is 0 Å². The molecular formula is C20H28N2O3. The van der Waals surface area contributed by atoms with Gasteiger partial charge in [0, 0.05) is 45.6 Å². The van der Waals surface area contributed by atoms with Gasteiger partial charge in [-0.05, 0) is 24.8 Å². The SMILES string of the molecule is O=C1OC2(CCN(CC3CCCO3)CC2)CN1CCc1ccccc1. The highest BCUT2D eigenvalue weighted by atomic mass is 16.6. The Hall–Kier alpha value is -1.59. The van der Waals surface area contributed by atoms with Crippen LogP contribution in [0, 0.1) is 0 Å². The Kier molecular flexibility index (Phi) is 4.95. The van der Waals surface area contributed by atoms with Crippen LogP contribution >= 0.6 is 0 Å². The van der Waals surface area contributed by atoms with Gasteiger partial charge in [-0.1, -0.05) is 30.3 Å². The fraction of sp³-hybridized carbons (Fsp3) is 0.650. The van der Waals surface area contributed by atoms with Gasteiger partial charge in [0.05, 0.1) is 12.6 Å². The second-order valence-corrected chi connectivity index (χ2v) is 7.64. The van der Waals surface area contributed by atoms with E-state index < -0.39 is 0 Å². The summed E-state index contributed by atoms with van der Waals surface area (Å²) in [7, 11) is 0. The van der Waals surface area contributed by atoms with Gasteiger partial charge >= 0.3 is 6.09 Å². The number of hydrogen-bond donors (Lipinski definition) is 0. The van der Waals surface area contributed by atoms with Crippen molar-refractivity contribution in [2.24, 2.45) is 0 Å². The third kappa shape index (κ3) is 3.98. The molecule has 3 aliphatic rings. The van der Waals surface area contributed by atoms with Crippen LogP contribution < -0.4 is 0 Å². The number of carbonyl (C=O) groups excluding carboxylic acids is 1. The Labute approximate surface area is 149 Å². The lowest BCUT2D eigenvalue weighted by Crippen LogP contribution is -2.48. The number of likely N-dealkylation sites (tertiary alicyclic amines) is 1. The summed E-state index contributed by atoms with van der Waals surface area (Å²) in [6, 6.07) is 10.3. The van der Waals surface area contributed by atoms with E-state index in [9.17, 15) is 4.79 Å². The van der Waals surface area contributed by atoms with E-state index in [0.717, 1.165) is 58.6 Å². The molecule has 3 fully saturated rings. The summed E-state index contributed by atoms with van der Waals surface area (Å²) in [4.78, 5) is 16.7. The summed E-state index contributed by atoms with van der Waals surface area (Å²) in [5, 5.41) is 0. The smallest absolute Gasteiger partial charge is 0.410 e. The maximum atomic E-state index is 12.3. The first-order chi connectivity index (χ1) is 12.2. The number of carbonyl (C=O) groups is 1. The third-order valence-electron chi connectivity index (χ3n) is 5.81. The van der Waals surface area contributed by atoms with Crippen LogP contribution in [0.4, 0.5) is 4.79 Å². The first-order valence-corrected chi connectivity index (χ1v) is 9.58. The van der Waals surface area contributed by atoms with E-state index in [-0.39, 0.29) is 11.7 Å². The lowest BCUT2D eigenvalue weighted by molar-refractivity contribution is -0.0130. The lowest BCUT2D eigenvalue weighted by Gasteiger charge is -2.38. The third-order valence-corrected chi connectivity index (χ3v) is 5.81. The van der Waals surface area contributed by atoms with Gasteiger partial charge in [0.25, 0.3) is 0 Å². The zero-order chi connectivity index (χ0) is 17.1. The van der Waals surface area contributed by atoms with E-state index in [4.69, 9.17) is 9.47 Å². The van der Waals surface area contributed by atoms with Crippen LogP contribution in [0.15, 0.2) is 30.3 Å². The summed E-state index contributed by atoms with van der Waals surface area (Å²) in [6.07, 6.45) is 5.41. The van der Waals surface area contributed by atoms with Crippen molar-refractivity contribution in [1.29, 1.82) is 0 Å². The van der Waals surface area contributed by atoms with Crippen molar-refractivity contribution >= 4 is 6.09 Å². The molecule has 3 heterocycles. The van der Waals surface area contributed by atoms with Gasteiger partial charge in [-0.25, -0.2) is 4.79 Å². The van der Waals surface area contributed by atoms with Crippen LogP contribution in [0.25, 0.3) is 0 Å². The maximum Gasteiger partial charge on any atom is 0.410 e. The van der Waals surface area contributed by atoms with Crippen LogP contribution in [0.3, 0.4) is 0 Å². The predicted octanol–water partition coefficient (Wildman–Crippen LogP) is 2.69. The summed E-state index contributed by atoms with van der Waals surface area (Å²) >= 11 is 0. The van der Waals surface area contributed by atoms with Crippen LogP contribution in [-0.2, 0) is 15.9 Å². The van der Waals surface area contributed by atoms with Crippen molar-refractivity contribution in [3.63, 3.8) is 0 Å². The Morgan fingerprint density at radius 1 is 1.16 bits per heavy atom. The number of rotatable bonds is 5. The van der Waals surface area contributed by atoms with Crippen LogP contribution in [0.1, 0.15) is 31.2 Å². The van der Waals surface area contributed by atoms with Gasteiger partial charge in [-0.2, -0.15) is 0 Å². The summed E-state index contributed by atoms with van der Waals surface area (Å²) in [6.45, 7) is 5.42. The van der Waals surface area contributed by atoms with E-state index in [2.05, 4.69) is 17.0 Å². The standard InChI is InChI=1S/C20H28N2O3/c23-19-22(11-8-17-5-2-1-3-6-17)16-20(25-19)9-12-21(13-10-20)15-18-7-4-14-24-18/h1-3,5-6,18H,4,7-16H2. The minimum absolute atomic E-state index is 0.136. The Balaban J connectivity index is 1.27. The van der Waals surface area contributed by atoms with E-state index in [1.807, 2.05) is 23.1 Å². The number of nitrogens with zero attached hydrogens (tertiary/aromatic N) is 2. The molecule has 4 rings (SSSR count). The molecule has 0 aromatic heterocycles. The molecule has 0 radical (unpaired) electrons. The Bertz CT molecular complexity index is 578. The van der Waals surface area contributed by atoms with Gasteiger partial charge in [0.1, 0.15) is 5.60 Å². The first kappa shape index (κ1) is 16.9. The molecule has 25 heavy (non-hydrogen) atoms. The van der Waals surface area contributed by atoms with Crippen molar-refractivity contribution < 1.29 is 14.3 Å². The number of amides is 1. The minimum atomic E-state index is -0.263. The highest BCUT2D eigenvalue weighted by Gasteiger charge is 2.46. The number of piperidine rings is 1. The van der Waals surface area contributed by atoms with Crippen molar-refractivity contribution in [3.8, 4) is 0 Å². The average Bonchev–Trinajstić information content (AvgIpc) is 3.24. The van der Waals surface area contributed by atoms with Crippen molar-refractivity contribution in [2.75, 3.05) is 39.3 Å². The molecule has 0 bridgehead atoms. The molecule has 3 aliphatic heterocycles. The van der Waals surface area contributed by atoms with Crippen molar-refractivity contribution in [2.45, 2.75) is 43.8 Å². The fourth-order valence-electron chi connectivity index (χ4n) is 4.25. The number of hydrogen-bond acceptors (Lipinski definition) is 4. The molecule has 1 aromatic carbocycles. The minimum Gasteiger partial charge on any atom is -0.441 e. The van der Waals surface area contributed by atoms with Crippen molar-refractivity contribution in [1.82, 2.24) is 9.80 Å². The predicted molar refractivity (Wildman–Crippen MR) is 95.6 cm³/mol. The molecule has 1 unspecified atom stereocenters. The van der Waals surface area contributed by atoms with E-state index in [0.29, 0.717) is 6.10 Å². The van der Waals surface area contributed by atoms with E-state index >= 15 is 0 Å². The van der Waals surface area contributed by atoms with Gasteiger partial charge in [0.2, 0.25) is 0 Å². The molecule has 5 nitrogen and oxygen atoms in total. The second kappa shape index (κ2) is 7.34. The van der Waals surface area contributed by atoms with Gasteiger partial charge in [0.15, 0.2) is 0 Å². The zero-order valence-electron chi connectivity index (χ0n) is 14.9. The largest absolute Gasteiger partial charge is 0.441 e. The molecule has 136 valence electrons. The van der Waals surface area contributed by atoms with Crippen LogP contribution in [0.5, 0.6) is 0 Å². The maximum absolute atomic E-state index is 12.3. The summed E-state index contributed by atoms with van der Waals surface area (Å²) < 4.78 is 11.6. The summed E-state index contributed by atoms with van der Waals surface area (Å²) in [5.41, 5.74) is 1.00. The highest BCUT2D eigenvalue weighted by Crippen LogP contribution is 2.33. The normalized spacial score (nSPS) is 26.3. The molecule has 0 aliphatic carbocycles. The second-order valence-electron chi connectivity index (χ2n) is 7.64. The molecule has 1 amide bonds. The monoisotopic (exact) mass is 344 g/mol.